The van der Waals surface area contributed by atoms with Crippen LogP contribution in [0.25, 0.3) is 0 Å². The highest BCUT2D eigenvalue weighted by molar-refractivity contribution is 6.08. The van der Waals surface area contributed by atoms with Gasteiger partial charge in [0, 0.05) is 11.5 Å². The lowest BCUT2D eigenvalue weighted by Crippen LogP contribution is -2.17. The second-order valence-corrected chi connectivity index (χ2v) is 4.91. The zero-order valence-corrected chi connectivity index (χ0v) is 12.4. The van der Waals surface area contributed by atoms with Crippen molar-refractivity contribution in [3.8, 4) is 11.8 Å². The number of primary amides is 1. The Morgan fingerprint density at radius 2 is 1.77 bits per heavy atom. The summed E-state index contributed by atoms with van der Waals surface area (Å²) in [6, 6.07) is 12.3. The van der Waals surface area contributed by atoms with Gasteiger partial charge < -0.3 is 11.1 Å². The predicted octanol–water partition coefficient (Wildman–Crippen LogP) is 2.39. The molecule has 22 heavy (non-hydrogen) atoms. The van der Waals surface area contributed by atoms with E-state index in [1.807, 2.05) is 32.0 Å². The van der Waals surface area contributed by atoms with E-state index in [-0.39, 0.29) is 5.56 Å². The van der Waals surface area contributed by atoms with Gasteiger partial charge in [0.25, 0.3) is 5.91 Å². The molecular formula is C18H16N2O2. The van der Waals surface area contributed by atoms with Crippen molar-refractivity contribution in [1.29, 1.82) is 0 Å². The molecule has 0 saturated heterocycles. The van der Waals surface area contributed by atoms with Gasteiger partial charge in [0.15, 0.2) is 0 Å². The quantitative estimate of drug-likeness (QED) is 0.834. The average Bonchev–Trinajstić information content (AvgIpc) is 2.49. The fourth-order valence-corrected chi connectivity index (χ4v) is 1.91. The summed E-state index contributed by atoms with van der Waals surface area (Å²) >= 11 is 0. The number of benzene rings is 2. The Balaban J connectivity index is 2.16. The van der Waals surface area contributed by atoms with Crippen molar-refractivity contribution >= 4 is 17.5 Å². The summed E-state index contributed by atoms with van der Waals surface area (Å²) < 4.78 is 0. The molecule has 4 nitrogen and oxygen atoms in total. The number of anilines is 1. The lowest BCUT2D eigenvalue weighted by atomic mass is 10.1. The number of nitrogens with one attached hydrogen (secondary N) is 1. The first-order chi connectivity index (χ1) is 10.5. The molecule has 110 valence electrons. The number of aryl methyl sites for hydroxylation is 2. The highest BCUT2D eigenvalue weighted by atomic mass is 16.2. The van der Waals surface area contributed by atoms with Crippen LogP contribution in [0.15, 0.2) is 42.5 Å². The molecule has 0 heterocycles. The highest BCUT2D eigenvalue weighted by Crippen LogP contribution is 2.14. The largest absolute Gasteiger partial charge is 0.366 e. The molecule has 4 heteroatoms. The molecule has 0 aliphatic rings. The SMILES string of the molecule is Cc1ccc(C#CC(=O)Nc2ccccc2C(N)=O)cc1C. The van der Waals surface area contributed by atoms with Crippen LogP contribution in [0.2, 0.25) is 0 Å². The van der Waals surface area contributed by atoms with Crippen LogP contribution in [0.5, 0.6) is 0 Å². The summed E-state index contributed by atoms with van der Waals surface area (Å²) in [5, 5.41) is 2.57. The molecule has 0 bridgehead atoms. The number of carbonyl (C=O) groups is 2. The van der Waals surface area contributed by atoms with Crippen LogP contribution in [0.3, 0.4) is 0 Å². The summed E-state index contributed by atoms with van der Waals surface area (Å²) in [5.41, 5.74) is 8.92. The van der Waals surface area contributed by atoms with Crippen LogP contribution >= 0.6 is 0 Å². The van der Waals surface area contributed by atoms with E-state index in [0.717, 1.165) is 11.1 Å². The lowest BCUT2D eigenvalue weighted by Gasteiger charge is -2.05. The van der Waals surface area contributed by atoms with E-state index < -0.39 is 11.8 Å². The second-order valence-electron chi connectivity index (χ2n) is 4.91. The number of carbonyl (C=O) groups excluding carboxylic acids is 2. The van der Waals surface area contributed by atoms with Crippen LogP contribution in [0.1, 0.15) is 27.0 Å². The Labute approximate surface area is 129 Å². The molecule has 0 aliphatic heterocycles. The lowest BCUT2D eigenvalue weighted by molar-refractivity contribution is -0.111. The summed E-state index contributed by atoms with van der Waals surface area (Å²) in [4.78, 5) is 23.2. The van der Waals surface area contributed by atoms with Crippen molar-refractivity contribution in [3.05, 3.63) is 64.7 Å². The molecule has 0 aromatic heterocycles. The van der Waals surface area contributed by atoms with Crippen LogP contribution in [-0.4, -0.2) is 11.8 Å². The molecule has 3 N–H and O–H groups in total. The maximum Gasteiger partial charge on any atom is 0.300 e. The summed E-state index contributed by atoms with van der Waals surface area (Å²) in [6.45, 7) is 4.00. The normalized spacial score (nSPS) is 9.55. The van der Waals surface area contributed by atoms with E-state index in [2.05, 4.69) is 17.2 Å². The number of hydrogen-bond acceptors (Lipinski definition) is 2. The standard InChI is InChI=1S/C18H16N2O2/c1-12-7-8-14(11-13(12)2)9-10-17(21)20-16-6-4-3-5-15(16)18(19)22/h3-8,11H,1-2H3,(H2,19,22)(H,20,21). The van der Waals surface area contributed by atoms with Crippen LogP contribution < -0.4 is 11.1 Å². The number of nitrogens with two attached hydrogens (primary N) is 1. The van der Waals surface area contributed by atoms with Gasteiger partial charge in [0.05, 0.1) is 11.3 Å². The van der Waals surface area contributed by atoms with Gasteiger partial charge in [-0.05, 0) is 49.2 Å². The number of para-hydroxylation sites is 1. The molecule has 0 fully saturated rings. The van der Waals surface area contributed by atoms with E-state index in [9.17, 15) is 9.59 Å². The topological polar surface area (TPSA) is 72.2 Å². The van der Waals surface area contributed by atoms with Gasteiger partial charge in [0.2, 0.25) is 0 Å². The monoisotopic (exact) mass is 292 g/mol. The zero-order valence-electron chi connectivity index (χ0n) is 12.4. The minimum atomic E-state index is -0.599. The number of rotatable bonds is 2. The highest BCUT2D eigenvalue weighted by Gasteiger charge is 2.08. The maximum atomic E-state index is 11.9. The molecule has 0 radical (unpaired) electrons. The van der Waals surface area contributed by atoms with Crippen LogP contribution in [0, 0.1) is 25.7 Å². The van der Waals surface area contributed by atoms with Gasteiger partial charge >= 0.3 is 5.91 Å². The van der Waals surface area contributed by atoms with Gasteiger partial charge in [-0.2, -0.15) is 0 Å². The van der Waals surface area contributed by atoms with Crippen LogP contribution in [0.4, 0.5) is 5.69 Å². The first-order valence-corrected chi connectivity index (χ1v) is 6.76. The molecule has 0 aliphatic carbocycles. The molecule has 0 saturated carbocycles. The average molecular weight is 292 g/mol. The van der Waals surface area contributed by atoms with E-state index in [1.165, 1.54) is 5.56 Å². The van der Waals surface area contributed by atoms with Crippen molar-refractivity contribution < 1.29 is 9.59 Å². The van der Waals surface area contributed by atoms with Crippen LogP contribution in [-0.2, 0) is 4.79 Å². The smallest absolute Gasteiger partial charge is 0.300 e. The van der Waals surface area contributed by atoms with Gasteiger partial charge in [-0.25, -0.2) is 0 Å². The van der Waals surface area contributed by atoms with Crippen molar-refractivity contribution in [1.82, 2.24) is 0 Å². The summed E-state index contributed by atoms with van der Waals surface area (Å²) in [6.07, 6.45) is 0. The summed E-state index contributed by atoms with van der Waals surface area (Å²) in [5.74, 6) is 4.22. The third-order valence-corrected chi connectivity index (χ3v) is 3.27. The maximum absolute atomic E-state index is 11.9. The van der Waals surface area contributed by atoms with Crippen molar-refractivity contribution in [2.75, 3.05) is 5.32 Å². The molecule has 0 spiro atoms. The van der Waals surface area contributed by atoms with Crippen molar-refractivity contribution in [2.24, 2.45) is 5.73 Å². The predicted molar refractivity (Wildman–Crippen MR) is 86.4 cm³/mol. The summed E-state index contributed by atoms with van der Waals surface area (Å²) in [7, 11) is 0. The Bertz CT molecular complexity index is 798. The van der Waals surface area contributed by atoms with Crippen molar-refractivity contribution in [2.45, 2.75) is 13.8 Å². The van der Waals surface area contributed by atoms with E-state index in [0.29, 0.717) is 5.69 Å². The van der Waals surface area contributed by atoms with Gasteiger partial charge in [-0.3, -0.25) is 9.59 Å². The minimum Gasteiger partial charge on any atom is -0.366 e. The Morgan fingerprint density at radius 3 is 2.45 bits per heavy atom. The molecule has 2 aromatic rings. The van der Waals surface area contributed by atoms with E-state index >= 15 is 0 Å². The van der Waals surface area contributed by atoms with E-state index in [4.69, 9.17) is 5.73 Å². The fourth-order valence-electron chi connectivity index (χ4n) is 1.91. The van der Waals surface area contributed by atoms with Gasteiger partial charge in [0.1, 0.15) is 0 Å². The zero-order chi connectivity index (χ0) is 16.1. The first-order valence-electron chi connectivity index (χ1n) is 6.76. The van der Waals surface area contributed by atoms with Gasteiger partial charge in [-0.1, -0.05) is 24.1 Å². The third-order valence-electron chi connectivity index (χ3n) is 3.27. The first kappa shape index (κ1) is 15.3. The Kier molecular flexibility index (Phi) is 4.60. The molecule has 0 unspecified atom stereocenters. The Morgan fingerprint density at radius 1 is 1.05 bits per heavy atom. The number of hydrogen-bond donors (Lipinski definition) is 2. The molecular weight excluding hydrogens is 276 g/mol. The molecule has 2 rings (SSSR count). The van der Waals surface area contributed by atoms with Crippen molar-refractivity contribution in [3.63, 3.8) is 0 Å². The third kappa shape index (κ3) is 3.74. The number of amides is 2. The second kappa shape index (κ2) is 6.59. The fraction of sp³-hybridized carbons (Fsp3) is 0.111. The van der Waals surface area contributed by atoms with E-state index in [1.54, 1.807) is 24.3 Å². The molecule has 2 aromatic carbocycles. The molecule has 0 atom stereocenters. The minimum absolute atomic E-state index is 0.254. The Hall–Kier alpha value is -3.06. The van der Waals surface area contributed by atoms with Gasteiger partial charge in [-0.15, -0.1) is 0 Å². The molecule has 2 amide bonds.